The van der Waals surface area contributed by atoms with Crippen molar-refractivity contribution in [2.75, 3.05) is 31.7 Å². The first-order valence-corrected chi connectivity index (χ1v) is 5.46. The Morgan fingerprint density at radius 3 is 2.88 bits per heavy atom. The van der Waals surface area contributed by atoms with Crippen LogP contribution in [0.1, 0.15) is 0 Å². The van der Waals surface area contributed by atoms with Crippen molar-refractivity contribution in [3.05, 3.63) is 24.3 Å². The average molecular weight is 218 g/mol. The number of aromatic nitrogens is 2. The zero-order valence-electron chi connectivity index (χ0n) is 8.94. The minimum atomic E-state index is 0.771. The van der Waals surface area contributed by atoms with Gasteiger partial charge in [-0.15, -0.1) is 0 Å². The van der Waals surface area contributed by atoms with Crippen LogP contribution in [0, 0.1) is 0 Å². The molecule has 3 rings (SSSR count). The van der Waals surface area contributed by atoms with Gasteiger partial charge in [-0.3, -0.25) is 5.43 Å². The minimum absolute atomic E-state index is 0.771. The number of hydrogen-bond acceptors (Lipinski definition) is 4. The fourth-order valence-corrected chi connectivity index (χ4v) is 1.83. The molecule has 2 heterocycles. The lowest BCUT2D eigenvalue weighted by Crippen LogP contribution is -2.40. The number of hydrazine groups is 1. The van der Waals surface area contributed by atoms with E-state index in [1.807, 2.05) is 24.3 Å². The molecule has 1 aliphatic heterocycles. The van der Waals surface area contributed by atoms with E-state index in [1.54, 1.807) is 0 Å². The maximum Gasteiger partial charge on any atom is 0.216 e. The molecular weight excluding hydrogens is 204 g/mol. The Kier molecular flexibility index (Phi) is 2.47. The fourth-order valence-electron chi connectivity index (χ4n) is 1.83. The van der Waals surface area contributed by atoms with Gasteiger partial charge in [0.15, 0.2) is 0 Å². The Labute approximate surface area is 93.4 Å². The number of hydrogen-bond donors (Lipinski definition) is 2. The summed E-state index contributed by atoms with van der Waals surface area (Å²) in [7, 11) is 0. The highest BCUT2D eigenvalue weighted by Crippen LogP contribution is 2.13. The van der Waals surface area contributed by atoms with Crippen molar-refractivity contribution in [2.45, 2.75) is 0 Å². The van der Waals surface area contributed by atoms with E-state index in [9.17, 15) is 0 Å². The first-order chi connectivity index (χ1) is 7.92. The minimum Gasteiger partial charge on any atom is -0.379 e. The number of benzene rings is 1. The molecule has 1 fully saturated rings. The van der Waals surface area contributed by atoms with E-state index in [0.29, 0.717) is 0 Å². The molecule has 0 atom stereocenters. The Morgan fingerprint density at radius 1 is 1.25 bits per heavy atom. The summed E-state index contributed by atoms with van der Waals surface area (Å²) in [5.41, 5.74) is 5.30. The number of H-pyrrole nitrogens is 1. The van der Waals surface area contributed by atoms with E-state index in [0.717, 1.165) is 43.3 Å². The van der Waals surface area contributed by atoms with Gasteiger partial charge < -0.3 is 9.72 Å². The molecule has 0 aliphatic carbocycles. The molecule has 0 saturated carbocycles. The van der Waals surface area contributed by atoms with Crippen molar-refractivity contribution < 1.29 is 4.74 Å². The van der Waals surface area contributed by atoms with Gasteiger partial charge in [-0.2, -0.15) is 0 Å². The highest BCUT2D eigenvalue weighted by Gasteiger charge is 2.11. The predicted molar refractivity (Wildman–Crippen MR) is 62.1 cm³/mol. The fraction of sp³-hybridized carbons (Fsp3) is 0.364. The number of rotatable bonds is 2. The lowest BCUT2D eigenvalue weighted by atomic mass is 10.3. The number of aromatic amines is 1. The van der Waals surface area contributed by atoms with Gasteiger partial charge in [0.1, 0.15) is 0 Å². The molecule has 2 N–H and O–H groups in total. The lowest BCUT2D eigenvalue weighted by molar-refractivity contribution is 0.0493. The van der Waals surface area contributed by atoms with Crippen molar-refractivity contribution in [3.8, 4) is 0 Å². The topological polar surface area (TPSA) is 53.2 Å². The molecule has 5 heteroatoms. The summed E-state index contributed by atoms with van der Waals surface area (Å²) in [6.45, 7) is 3.31. The number of nitrogens with zero attached hydrogens (tertiary/aromatic N) is 2. The zero-order valence-corrected chi connectivity index (χ0v) is 8.94. The zero-order chi connectivity index (χ0) is 10.8. The SMILES string of the molecule is c1ccc2[nH]c(NN3CCOCC3)nc2c1. The molecule has 16 heavy (non-hydrogen) atoms. The first-order valence-electron chi connectivity index (χ1n) is 5.46. The van der Waals surface area contributed by atoms with Crippen LogP contribution in [0.4, 0.5) is 5.95 Å². The number of ether oxygens (including phenoxy) is 1. The second kappa shape index (κ2) is 4.11. The van der Waals surface area contributed by atoms with E-state index in [1.165, 1.54) is 0 Å². The third-order valence-corrected chi connectivity index (χ3v) is 2.66. The summed E-state index contributed by atoms with van der Waals surface area (Å²) < 4.78 is 5.28. The highest BCUT2D eigenvalue weighted by atomic mass is 16.5. The number of anilines is 1. The van der Waals surface area contributed by atoms with Crippen LogP contribution in [-0.4, -0.2) is 41.3 Å². The van der Waals surface area contributed by atoms with Gasteiger partial charge in [-0.1, -0.05) is 12.1 Å². The van der Waals surface area contributed by atoms with Crippen molar-refractivity contribution in [2.24, 2.45) is 0 Å². The lowest BCUT2D eigenvalue weighted by Gasteiger charge is -2.26. The van der Waals surface area contributed by atoms with Gasteiger partial charge in [-0.05, 0) is 12.1 Å². The molecule has 1 saturated heterocycles. The number of nitrogens with one attached hydrogen (secondary N) is 2. The van der Waals surface area contributed by atoms with Gasteiger partial charge in [0.05, 0.1) is 24.2 Å². The largest absolute Gasteiger partial charge is 0.379 e. The monoisotopic (exact) mass is 218 g/mol. The van der Waals surface area contributed by atoms with Gasteiger partial charge in [0.2, 0.25) is 5.95 Å². The molecule has 0 bridgehead atoms. The van der Waals surface area contributed by atoms with E-state index in [4.69, 9.17) is 4.74 Å². The third kappa shape index (κ3) is 1.87. The smallest absolute Gasteiger partial charge is 0.216 e. The molecule has 0 unspecified atom stereocenters. The molecule has 84 valence electrons. The van der Waals surface area contributed by atoms with Gasteiger partial charge in [0, 0.05) is 13.1 Å². The number of fused-ring (bicyclic) bond motifs is 1. The summed E-state index contributed by atoms with van der Waals surface area (Å²) in [6, 6.07) is 8.00. The molecule has 5 nitrogen and oxygen atoms in total. The Balaban J connectivity index is 1.78. The summed E-state index contributed by atoms with van der Waals surface area (Å²) in [6.07, 6.45) is 0. The summed E-state index contributed by atoms with van der Waals surface area (Å²) in [5.74, 6) is 0.795. The van der Waals surface area contributed by atoms with Crippen LogP contribution >= 0.6 is 0 Å². The van der Waals surface area contributed by atoms with E-state index in [-0.39, 0.29) is 0 Å². The van der Waals surface area contributed by atoms with E-state index < -0.39 is 0 Å². The Bertz CT molecular complexity index is 443. The first kappa shape index (κ1) is 9.62. The maximum absolute atomic E-state index is 5.28. The van der Waals surface area contributed by atoms with E-state index in [2.05, 4.69) is 20.4 Å². The number of morpholine rings is 1. The van der Waals surface area contributed by atoms with Gasteiger partial charge in [0.25, 0.3) is 0 Å². The summed E-state index contributed by atoms with van der Waals surface area (Å²) in [4.78, 5) is 7.70. The van der Waals surface area contributed by atoms with Crippen LogP contribution in [-0.2, 0) is 4.74 Å². The Hall–Kier alpha value is -1.59. The molecule has 1 aliphatic rings. The average Bonchev–Trinajstić information content (AvgIpc) is 2.72. The van der Waals surface area contributed by atoms with Crippen molar-refractivity contribution >= 4 is 17.0 Å². The van der Waals surface area contributed by atoms with Gasteiger partial charge >= 0.3 is 0 Å². The standard InChI is InChI=1S/C11H14N4O/c1-2-4-10-9(3-1)12-11(13-10)14-15-5-7-16-8-6-15/h1-4H,5-8H2,(H2,12,13,14). The molecule has 0 spiro atoms. The quantitative estimate of drug-likeness (QED) is 0.796. The second-order valence-corrected chi connectivity index (χ2v) is 3.81. The van der Waals surface area contributed by atoms with Crippen LogP contribution in [0.3, 0.4) is 0 Å². The van der Waals surface area contributed by atoms with Crippen LogP contribution in [0.5, 0.6) is 0 Å². The molecule has 0 amide bonds. The molecule has 0 radical (unpaired) electrons. The number of para-hydroxylation sites is 2. The normalized spacial score (nSPS) is 17.8. The maximum atomic E-state index is 5.28. The van der Waals surface area contributed by atoms with Crippen LogP contribution in [0.25, 0.3) is 11.0 Å². The van der Waals surface area contributed by atoms with E-state index >= 15 is 0 Å². The molecule has 2 aromatic rings. The van der Waals surface area contributed by atoms with Crippen LogP contribution in [0.2, 0.25) is 0 Å². The van der Waals surface area contributed by atoms with Crippen LogP contribution in [0.15, 0.2) is 24.3 Å². The third-order valence-electron chi connectivity index (χ3n) is 2.66. The van der Waals surface area contributed by atoms with Gasteiger partial charge in [-0.25, -0.2) is 9.99 Å². The molecule has 1 aromatic heterocycles. The Morgan fingerprint density at radius 2 is 2.06 bits per heavy atom. The summed E-state index contributed by atoms with van der Waals surface area (Å²) in [5, 5.41) is 2.11. The molecule has 1 aromatic carbocycles. The van der Waals surface area contributed by atoms with Crippen molar-refractivity contribution in [3.63, 3.8) is 0 Å². The number of imidazole rings is 1. The summed E-state index contributed by atoms with van der Waals surface area (Å²) >= 11 is 0. The van der Waals surface area contributed by atoms with Crippen LogP contribution < -0.4 is 5.43 Å². The van der Waals surface area contributed by atoms with Crippen molar-refractivity contribution in [1.29, 1.82) is 0 Å². The highest BCUT2D eigenvalue weighted by molar-refractivity contribution is 5.77. The van der Waals surface area contributed by atoms with Crippen molar-refractivity contribution in [1.82, 2.24) is 15.0 Å². The molecular formula is C11H14N4O. The second-order valence-electron chi connectivity index (χ2n) is 3.81. The predicted octanol–water partition coefficient (Wildman–Crippen LogP) is 1.22.